The highest BCUT2D eigenvalue weighted by Gasteiger charge is 2.26. The van der Waals surface area contributed by atoms with Gasteiger partial charge in [-0.1, -0.05) is 89.7 Å². The third kappa shape index (κ3) is 7.04. The molecule has 2 amide bonds. The highest BCUT2D eigenvalue weighted by atomic mass is 16.5. The normalized spacial score (nSPS) is 12.4. The van der Waals surface area contributed by atoms with Crippen molar-refractivity contribution >= 4 is 46.2 Å². The van der Waals surface area contributed by atoms with Gasteiger partial charge in [0.25, 0.3) is 5.91 Å². The molecule has 4 heterocycles. The van der Waals surface area contributed by atoms with Crippen molar-refractivity contribution < 1.29 is 19.5 Å². The average molecular weight is 672 g/mol. The van der Waals surface area contributed by atoms with E-state index in [1.165, 1.54) is 11.8 Å². The van der Waals surface area contributed by atoms with E-state index in [4.69, 9.17) is 9.98 Å². The van der Waals surface area contributed by atoms with E-state index in [0.717, 1.165) is 56.1 Å². The molecule has 0 bridgehead atoms. The number of fused-ring (bicyclic) bond motifs is 2. The van der Waals surface area contributed by atoms with Crippen LogP contribution in [0.5, 0.6) is 0 Å². The van der Waals surface area contributed by atoms with Gasteiger partial charge < -0.3 is 10.5 Å². The van der Waals surface area contributed by atoms with Crippen LogP contribution < -0.4 is 15.4 Å². The molecule has 0 saturated carbocycles. The van der Waals surface area contributed by atoms with E-state index in [1.807, 2.05) is 60.7 Å². The molecule has 51 heavy (non-hydrogen) atoms. The van der Waals surface area contributed by atoms with Crippen LogP contribution in [-0.2, 0) is 12.8 Å². The lowest BCUT2D eigenvalue weighted by Crippen LogP contribution is -2.35. The number of benzene rings is 4. The lowest BCUT2D eigenvalue weighted by molar-refractivity contribution is -0.893. The highest BCUT2D eigenvalue weighted by molar-refractivity contribution is 6.14. The molecule has 250 valence electrons. The molecule has 9 heteroatoms. The quantitative estimate of drug-likeness (QED) is 0.124. The van der Waals surface area contributed by atoms with Gasteiger partial charge in [0.1, 0.15) is 12.0 Å². The number of nitrogens with one attached hydrogen (secondary N) is 2. The number of anilines is 2. The minimum Gasteiger partial charge on any atom is -0.350 e. The van der Waals surface area contributed by atoms with Crippen molar-refractivity contribution in [2.45, 2.75) is 26.7 Å². The van der Waals surface area contributed by atoms with E-state index in [-0.39, 0.29) is 11.8 Å². The average Bonchev–Trinajstić information content (AvgIpc) is 3.78. The molecule has 0 unspecified atom stereocenters. The van der Waals surface area contributed by atoms with E-state index in [0.29, 0.717) is 34.9 Å². The molecule has 0 aliphatic carbocycles. The third-order valence-electron chi connectivity index (χ3n) is 8.84. The Morgan fingerprint density at radius 1 is 0.608 bits per heavy atom. The summed E-state index contributed by atoms with van der Waals surface area (Å²) in [6.45, 7) is 4.14. The van der Waals surface area contributed by atoms with Crippen molar-refractivity contribution in [3.63, 3.8) is 0 Å². The predicted molar refractivity (Wildman–Crippen MR) is 199 cm³/mol. The Morgan fingerprint density at radius 2 is 1.14 bits per heavy atom. The Labute approximate surface area is 295 Å². The Morgan fingerprint density at radius 3 is 1.67 bits per heavy atom. The maximum absolute atomic E-state index is 12.7. The lowest BCUT2D eigenvalue weighted by atomic mass is 9.99. The number of hydrogen-bond donors (Lipinski definition) is 3. The number of aromatic nitrogens is 2. The van der Waals surface area contributed by atoms with Crippen molar-refractivity contribution in [1.29, 1.82) is 0 Å². The largest absolute Gasteiger partial charge is 0.350 e. The summed E-state index contributed by atoms with van der Waals surface area (Å²) >= 11 is 0. The SMILES string of the molecule is Cc1ccccc1C1=Nc2c(cccc2C(=O)Nc2cccc[n+]2O)C1.Cc1ccccc1C1=Nc2c(cccc2C(=O)Nc2ccccn2)C1. The smallest absolute Gasteiger partial charge is 0.341 e. The van der Waals surface area contributed by atoms with Gasteiger partial charge in [-0.05, 0) is 77.6 Å². The van der Waals surface area contributed by atoms with Crippen LogP contribution in [-0.4, -0.2) is 33.4 Å². The summed E-state index contributed by atoms with van der Waals surface area (Å²) in [4.78, 5) is 39.1. The molecule has 0 atom stereocenters. The van der Waals surface area contributed by atoms with E-state index >= 15 is 0 Å². The van der Waals surface area contributed by atoms with E-state index < -0.39 is 0 Å². The van der Waals surface area contributed by atoms with Gasteiger partial charge in [-0.2, -0.15) is 0 Å². The zero-order valence-electron chi connectivity index (χ0n) is 28.2. The van der Waals surface area contributed by atoms with Crippen LogP contribution in [0.15, 0.2) is 144 Å². The zero-order chi connectivity index (χ0) is 35.3. The second-order valence-corrected chi connectivity index (χ2v) is 12.3. The van der Waals surface area contributed by atoms with Crippen LogP contribution in [0.2, 0.25) is 0 Å². The number of carbonyl (C=O) groups is 2. The molecular formula is C42H35N6O3+. The standard InChI is InChI=1S/C21H17N3O2.C21H17N3O/c1-14-7-2-3-9-16(14)18-13-15-8-6-10-17(20(15)22-18)21(25)23-19-11-4-5-12-24(19)26;1-14-7-2-3-9-16(14)18-13-15-8-6-10-17(20(15)23-18)21(25)24-19-11-4-5-12-22-19/h2-12,26H,13H2,1H3;2-12H,13H2,1H3,(H,22,24,25)/p+1. The van der Waals surface area contributed by atoms with Crippen LogP contribution in [0, 0.1) is 13.8 Å². The first-order chi connectivity index (χ1) is 24.9. The minimum atomic E-state index is -0.300. The molecule has 2 aliphatic rings. The molecule has 0 spiro atoms. The molecule has 4 aromatic carbocycles. The Balaban J connectivity index is 0.000000159. The molecule has 2 aliphatic heterocycles. The van der Waals surface area contributed by atoms with Crippen LogP contribution in [0.4, 0.5) is 23.0 Å². The molecule has 9 nitrogen and oxygen atoms in total. The van der Waals surface area contributed by atoms with Gasteiger partial charge in [-0.15, -0.1) is 0 Å². The fourth-order valence-corrected chi connectivity index (χ4v) is 6.25. The Bertz CT molecular complexity index is 2350. The molecule has 8 rings (SSSR count). The van der Waals surface area contributed by atoms with Gasteiger partial charge >= 0.3 is 11.7 Å². The number of para-hydroxylation sites is 2. The fourth-order valence-electron chi connectivity index (χ4n) is 6.25. The molecule has 2 aromatic heterocycles. The van der Waals surface area contributed by atoms with Crippen LogP contribution in [0.1, 0.15) is 54.1 Å². The molecule has 3 N–H and O–H groups in total. The monoisotopic (exact) mass is 671 g/mol. The minimum absolute atomic E-state index is 0.190. The summed E-state index contributed by atoms with van der Waals surface area (Å²) in [5.41, 5.74) is 11.2. The Hall–Kier alpha value is -6.74. The van der Waals surface area contributed by atoms with E-state index in [9.17, 15) is 14.8 Å². The summed E-state index contributed by atoms with van der Waals surface area (Å²) < 4.78 is 0.878. The van der Waals surface area contributed by atoms with Gasteiger partial charge in [0.15, 0.2) is 0 Å². The van der Waals surface area contributed by atoms with E-state index in [1.54, 1.807) is 42.6 Å². The summed E-state index contributed by atoms with van der Waals surface area (Å²) in [6, 6.07) is 38.1. The summed E-state index contributed by atoms with van der Waals surface area (Å²) in [6.07, 6.45) is 4.55. The second kappa shape index (κ2) is 14.4. The van der Waals surface area contributed by atoms with Crippen LogP contribution in [0.25, 0.3) is 0 Å². The first-order valence-corrected chi connectivity index (χ1v) is 16.6. The number of carbonyl (C=O) groups excluding carboxylic acids is 2. The second-order valence-electron chi connectivity index (χ2n) is 12.3. The maximum Gasteiger partial charge on any atom is 0.341 e. The number of hydrogen-bond acceptors (Lipinski definition) is 6. The fraction of sp³-hybridized carbons (Fsp3) is 0.0952. The van der Waals surface area contributed by atoms with Crippen molar-refractivity contribution in [3.8, 4) is 0 Å². The van der Waals surface area contributed by atoms with Crippen molar-refractivity contribution in [2.24, 2.45) is 9.98 Å². The number of aliphatic imine (C=N–C) groups is 2. The molecule has 6 aromatic rings. The third-order valence-corrected chi connectivity index (χ3v) is 8.84. The highest BCUT2D eigenvalue weighted by Crippen LogP contribution is 2.35. The number of nitrogens with zero attached hydrogens (tertiary/aromatic N) is 4. The summed E-state index contributed by atoms with van der Waals surface area (Å²) in [7, 11) is 0. The van der Waals surface area contributed by atoms with Crippen molar-refractivity contribution in [3.05, 3.63) is 178 Å². The maximum atomic E-state index is 12.7. The van der Waals surface area contributed by atoms with Crippen molar-refractivity contribution in [2.75, 3.05) is 10.6 Å². The molecule has 0 radical (unpaired) electrons. The Kier molecular flexibility index (Phi) is 9.26. The van der Waals surface area contributed by atoms with Gasteiger partial charge in [0.2, 0.25) is 0 Å². The van der Waals surface area contributed by atoms with E-state index in [2.05, 4.69) is 53.7 Å². The van der Waals surface area contributed by atoms with Gasteiger partial charge in [0.05, 0.1) is 33.9 Å². The molecule has 0 fully saturated rings. The number of rotatable bonds is 6. The van der Waals surface area contributed by atoms with Crippen LogP contribution >= 0.6 is 0 Å². The van der Waals surface area contributed by atoms with Crippen molar-refractivity contribution in [1.82, 2.24) is 4.98 Å². The first-order valence-electron chi connectivity index (χ1n) is 16.6. The lowest BCUT2D eigenvalue weighted by Gasteiger charge is -2.07. The first kappa shape index (κ1) is 32.8. The van der Waals surface area contributed by atoms with Gasteiger partial charge in [0, 0.05) is 25.1 Å². The number of pyridine rings is 2. The topological polar surface area (TPSA) is 120 Å². The summed E-state index contributed by atoms with van der Waals surface area (Å²) in [5, 5.41) is 15.4. The van der Waals surface area contributed by atoms with Crippen LogP contribution in [0.3, 0.4) is 0 Å². The van der Waals surface area contributed by atoms with Gasteiger partial charge in [-0.25, -0.2) is 15.1 Å². The number of aryl methyl sites for hydroxylation is 2. The van der Waals surface area contributed by atoms with Gasteiger partial charge in [-0.3, -0.25) is 14.8 Å². The zero-order valence-corrected chi connectivity index (χ0v) is 28.2. The number of amides is 2. The summed E-state index contributed by atoms with van der Waals surface area (Å²) in [5.74, 6) is 0.346. The molecular weight excluding hydrogens is 637 g/mol. The predicted octanol–water partition coefficient (Wildman–Crippen LogP) is 7.77. The molecule has 0 saturated heterocycles.